The fourth-order valence-corrected chi connectivity index (χ4v) is 2.45. The molecule has 0 aliphatic heterocycles. The maximum absolute atomic E-state index is 12.1. The van der Waals surface area contributed by atoms with Gasteiger partial charge < -0.3 is 10.3 Å². The summed E-state index contributed by atoms with van der Waals surface area (Å²) in [6.07, 6.45) is 2.23. The molecule has 1 heterocycles. The molecule has 0 atom stereocenters. The van der Waals surface area contributed by atoms with Crippen LogP contribution in [0.1, 0.15) is 11.1 Å². The van der Waals surface area contributed by atoms with Crippen molar-refractivity contribution in [3.05, 3.63) is 64.8 Å². The number of hydrogen-bond donors (Lipinski definition) is 2. The Morgan fingerprint density at radius 3 is 2.86 bits per heavy atom. The van der Waals surface area contributed by atoms with E-state index in [1.54, 1.807) is 6.07 Å². The second-order valence-electron chi connectivity index (χ2n) is 5.09. The third-order valence-electron chi connectivity index (χ3n) is 3.44. The summed E-state index contributed by atoms with van der Waals surface area (Å²) in [6.45, 7) is 1.93. The van der Waals surface area contributed by atoms with E-state index in [9.17, 15) is 4.79 Å². The number of benzene rings is 2. The lowest BCUT2D eigenvalue weighted by Crippen LogP contribution is -2.14. The number of carbonyl (C=O) groups excluding carboxylic acids is 1. The molecule has 3 rings (SSSR count). The molecule has 0 spiro atoms. The van der Waals surface area contributed by atoms with Gasteiger partial charge in [0.1, 0.15) is 0 Å². The first-order chi connectivity index (χ1) is 10.1. The molecule has 3 nitrogen and oxygen atoms in total. The Morgan fingerprint density at radius 2 is 2.05 bits per heavy atom. The molecule has 1 amide bonds. The Hall–Kier alpha value is -2.26. The highest BCUT2D eigenvalue weighted by atomic mass is 35.5. The van der Waals surface area contributed by atoms with Crippen molar-refractivity contribution in [3.63, 3.8) is 0 Å². The SMILES string of the molecule is Cc1ccc(NC(=O)Cc2ccc3cc[nH]c3c2)cc1Cl. The lowest BCUT2D eigenvalue weighted by atomic mass is 10.1. The van der Waals surface area contributed by atoms with Crippen molar-refractivity contribution >= 4 is 34.1 Å². The maximum atomic E-state index is 12.1. The summed E-state index contributed by atoms with van der Waals surface area (Å²) >= 11 is 6.05. The van der Waals surface area contributed by atoms with E-state index in [2.05, 4.69) is 10.3 Å². The zero-order valence-corrected chi connectivity index (χ0v) is 12.4. The fraction of sp³-hybridized carbons (Fsp3) is 0.118. The number of anilines is 1. The molecule has 0 fully saturated rings. The number of hydrogen-bond acceptors (Lipinski definition) is 1. The minimum Gasteiger partial charge on any atom is -0.361 e. The smallest absolute Gasteiger partial charge is 0.228 e. The van der Waals surface area contributed by atoms with E-state index in [1.165, 1.54) is 0 Å². The number of aryl methyl sites for hydroxylation is 1. The van der Waals surface area contributed by atoms with Crippen molar-refractivity contribution in [2.45, 2.75) is 13.3 Å². The highest BCUT2D eigenvalue weighted by Crippen LogP contribution is 2.20. The van der Waals surface area contributed by atoms with Gasteiger partial charge in [0.2, 0.25) is 5.91 Å². The van der Waals surface area contributed by atoms with Crippen LogP contribution >= 0.6 is 11.6 Å². The van der Waals surface area contributed by atoms with Gasteiger partial charge in [-0.1, -0.05) is 29.8 Å². The van der Waals surface area contributed by atoms with Crippen LogP contribution in [0.15, 0.2) is 48.7 Å². The zero-order valence-electron chi connectivity index (χ0n) is 11.6. The van der Waals surface area contributed by atoms with Crippen molar-refractivity contribution in [2.75, 3.05) is 5.32 Å². The van der Waals surface area contributed by atoms with Crippen LogP contribution in [-0.4, -0.2) is 10.9 Å². The summed E-state index contributed by atoms with van der Waals surface area (Å²) in [5, 5.41) is 4.66. The first-order valence-corrected chi connectivity index (χ1v) is 7.11. The first-order valence-electron chi connectivity index (χ1n) is 6.74. The normalized spacial score (nSPS) is 10.8. The van der Waals surface area contributed by atoms with Crippen LogP contribution in [0.25, 0.3) is 10.9 Å². The molecule has 1 aromatic heterocycles. The molecule has 0 bridgehead atoms. The number of aromatic amines is 1. The van der Waals surface area contributed by atoms with E-state index in [1.807, 2.05) is 49.5 Å². The van der Waals surface area contributed by atoms with Gasteiger partial charge in [0.15, 0.2) is 0 Å². The number of carbonyl (C=O) groups is 1. The van der Waals surface area contributed by atoms with E-state index in [0.717, 1.165) is 27.7 Å². The fourth-order valence-electron chi connectivity index (χ4n) is 2.27. The second kappa shape index (κ2) is 5.62. The number of aromatic nitrogens is 1. The minimum atomic E-state index is -0.0548. The molecule has 0 radical (unpaired) electrons. The van der Waals surface area contributed by atoms with Gasteiger partial charge in [-0.15, -0.1) is 0 Å². The van der Waals surface area contributed by atoms with Crippen LogP contribution in [0.4, 0.5) is 5.69 Å². The molecule has 0 aliphatic carbocycles. The quantitative estimate of drug-likeness (QED) is 0.743. The molecular weight excluding hydrogens is 284 g/mol. The Labute approximate surface area is 127 Å². The van der Waals surface area contributed by atoms with Crippen LogP contribution in [0.2, 0.25) is 5.02 Å². The molecule has 2 N–H and O–H groups in total. The Kier molecular flexibility index (Phi) is 3.67. The number of nitrogens with one attached hydrogen (secondary N) is 2. The van der Waals surface area contributed by atoms with Crippen LogP contribution in [0.5, 0.6) is 0 Å². The Balaban J connectivity index is 1.71. The van der Waals surface area contributed by atoms with Crippen molar-refractivity contribution in [3.8, 4) is 0 Å². The predicted molar refractivity (Wildman–Crippen MR) is 86.8 cm³/mol. The number of halogens is 1. The van der Waals surface area contributed by atoms with Gasteiger partial charge in [-0.05, 0) is 47.7 Å². The third kappa shape index (κ3) is 3.09. The second-order valence-corrected chi connectivity index (χ2v) is 5.50. The van der Waals surface area contributed by atoms with Gasteiger partial charge in [-0.25, -0.2) is 0 Å². The number of fused-ring (bicyclic) bond motifs is 1. The highest BCUT2D eigenvalue weighted by molar-refractivity contribution is 6.31. The molecule has 2 aromatic carbocycles. The largest absolute Gasteiger partial charge is 0.361 e. The van der Waals surface area contributed by atoms with Crippen molar-refractivity contribution in [1.82, 2.24) is 4.98 Å². The number of H-pyrrole nitrogens is 1. The van der Waals surface area contributed by atoms with Crippen LogP contribution < -0.4 is 5.32 Å². The average Bonchev–Trinajstić information content (AvgIpc) is 2.90. The zero-order chi connectivity index (χ0) is 14.8. The van der Waals surface area contributed by atoms with Crippen LogP contribution in [-0.2, 0) is 11.2 Å². The summed E-state index contributed by atoms with van der Waals surface area (Å²) in [5.41, 5.74) is 3.72. The van der Waals surface area contributed by atoms with Gasteiger partial charge in [-0.2, -0.15) is 0 Å². The molecule has 0 unspecified atom stereocenters. The van der Waals surface area contributed by atoms with Crippen molar-refractivity contribution < 1.29 is 4.79 Å². The first kappa shape index (κ1) is 13.7. The Bertz CT molecular complexity index is 807. The standard InChI is InChI=1S/C17H15ClN2O/c1-11-2-5-14(10-15(11)18)20-17(21)9-12-3-4-13-6-7-19-16(13)8-12/h2-8,10,19H,9H2,1H3,(H,20,21). The molecule has 4 heteroatoms. The summed E-state index contributed by atoms with van der Waals surface area (Å²) in [4.78, 5) is 15.2. The highest BCUT2D eigenvalue weighted by Gasteiger charge is 2.06. The lowest BCUT2D eigenvalue weighted by molar-refractivity contribution is -0.115. The van der Waals surface area contributed by atoms with Gasteiger partial charge in [0.05, 0.1) is 6.42 Å². The van der Waals surface area contributed by atoms with Gasteiger partial charge >= 0.3 is 0 Å². The molecule has 0 saturated carbocycles. The summed E-state index contributed by atoms with van der Waals surface area (Å²) in [7, 11) is 0. The van der Waals surface area contributed by atoms with E-state index in [4.69, 9.17) is 11.6 Å². The Morgan fingerprint density at radius 1 is 1.19 bits per heavy atom. The van der Waals surface area contributed by atoms with Crippen molar-refractivity contribution in [2.24, 2.45) is 0 Å². The third-order valence-corrected chi connectivity index (χ3v) is 3.85. The molecule has 106 valence electrons. The van der Waals surface area contributed by atoms with Gasteiger partial charge in [0.25, 0.3) is 0 Å². The summed E-state index contributed by atoms with van der Waals surface area (Å²) in [6, 6.07) is 13.5. The molecule has 0 saturated heterocycles. The summed E-state index contributed by atoms with van der Waals surface area (Å²) < 4.78 is 0. The lowest BCUT2D eigenvalue weighted by Gasteiger charge is -2.07. The molecular formula is C17H15ClN2O. The van der Waals surface area contributed by atoms with Crippen LogP contribution in [0, 0.1) is 6.92 Å². The van der Waals surface area contributed by atoms with E-state index in [0.29, 0.717) is 11.4 Å². The van der Waals surface area contributed by atoms with Gasteiger partial charge in [0, 0.05) is 22.4 Å². The van der Waals surface area contributed by atoms with E-state index < -0.39 is 0 Å². The summed E-state index contributed by atoms with van der Waals surface area (Å²) in [5.74, 6) is -0.0548. The monoisotopic (exact) mass is 298 g/mol. The molecule has 0 aliphatic rings. The van der Waals surface area contributed by atoms with Crippen molar-refractivity contribution in [1.29, 1.82) is 0 Å². The van der Waals surface area contributed by atoms with E-state index in [-0.39, 0.29) is 5.91 Å². The van der Waals surface area contributed by atoms with Gasteiger partial charge in [-0.3, -0.25) is 4.79 Å². The topological polar surface area (TPSA) is 44.9 Å². The maximum Gasteiger partial charge on any atom is 0.228 e. The minimum absolute atomic E-state index is 0.0548. The predicted octanol–water partition coefficient (Wildman–Crippen LogP) is 4.31. The molecule has 21 heavy (non-hydrogen) atoms. The average molecular weight is 299 g/mol. The van der Waals surface area contributed by atoms with Crippen LogP contribution in [0.3, 0.4) is 0 Å². The number of rotatable bonds is 3. The molecule has 3 aromatic rings. The number of amides is 1. The van der Waals surface area contributed by atoms with E-state index >= 15 is 0 Å².